The molecule has 0 bridgehead atoms. The second-order valence-corrected chi connectivity index (χ2v) is 6.62. The number of piperazine rings is 1. The first kappa shape index (κ1) is 18.3. The number of aromatic nitrogens is 2. The van der Waals surface area contributed by atoms with Crippen LogP contribution in [0.15, 0.2) is 30.3 Å². The Morgan fingerprint density at radius 2 is 1.85 bits per heavy atom. The summed E-state index contributed by atoms with van der Waals surface area (Å²) in [5.41, 5.74) is 2.13. The third-order valence-electron chi connectivity index (χ3n) is 4.47. The van der Waals surface area contributed by atoms with Crippen LogP contribution >= 0.6 is 0 Å². The maximum absolute atomic E-state index is 12.9. The molecule has 1 aliphatic rings. The van der Waals surface area contributed by atoms with Crippen molar-refractivity contribution in [3.8, 4) is 0 Å². The Balaban J connectivity index is 1.60. The summed E-state index contributed by atoms with van der Waals surface area (Å²) in [5.74, 6) is 0.139. The monoisotopic (exact) mass is 357 g/mol. The van der Waals surface area contributed by atoms with E-state index in [1.807, 2.05) is 6.92 Å². The van der Waals surface area contributed by atoms with Gasteiger partial charge in [-0.15, -0.1) is 0 Å². The van der Waals surface area contributed by atoms with Crippen LogP contribution in [0.2, 0.25) is 0 Å². The highest BCUT2D eigenvalue weighted by Crippen LogP contribution is 2.13. The Bertz CT molecular complexity index is 757. The van der Waals surface area contributed by atoms with Gasteiger partial charge in [0, 0.05) is 38.4 Å². The Morgan fingerprint density at radius 3 is 2.54 bits per heavy atom. The minimum Gasteiger partial charge on any atom is -0.350 e. The number of hydrogen-bond acceptors (Lipinski definition) is 5. The number of amides is 1. The zero-order chi connectivity index (χ0) is 18.5. The maximum atomic E-state index is 12.9. The summed E-state index contributed by atoms with van der Waals surface area (Å²) < 4.78 is 12.9. The number of carbonyl (C=O) groups excluding carboxylic acids is 1. The lowest BCUT2D eigenvalue weighted by Gasteiger charge is -2.32. The average Bonchev–Trinajstić information content (AvgIpc) is 2.63. The number of aryl methyl sites for hydroxylation is 1. The van der Waals surface area contributed by atoms with Gasteiger partial charge < -0.3 is 15.1 Å². The summed E-state index contributed by atoms with van der Waals surface area (Å²) in [6, 6.07) is 8.00. The van der Waals surface area contributed by atoms with Gasteiger partial charge in [-0.2, -0.15) is 0 Å². The summed E-state index contributed by atoms with van der Waals surface area (Å²) in [5, 5.41) is 2.88. The van der Waals surface area contributed by atoms with E-state index in [0.717, 1.165) is 37.4 Å². The normalized spacial score (nSPS) is 15.1. The van der Waals surface area contributed by atoms with E-state index in [2.05, 4.69) is 32.1 Å². The first-order valence-electron chi connectivity index (χ1n) is 8.83. The lowest BCUT2D eigenvalue weighted by molar-refractivity contribution is 0.0949. The second kappa shape index (κ2) is 8.23. The van der Waals surface area contributed by atoms with Gasteiger partial charge in [0.1, 0.15) is 11.5 Å². The molecule has 1 amide bonds. The summed E-state index contributed by atoms with van der Waals surface area (Å²) in [4.78, 5) is 25.7. The topological polar surface area (TPSA) is 61.4 Å². The van der Waals surface area contributed by atoms with Crippen molar-refractivity contribution in [1.29, 1.82) is 0 Å². The first-order chi connectivity index (χ1) is 12.5. The molecular formula is C19H24FN5O. The van der Waals surface area contributed by atoms with E-state index in [0.29, 0.717) is 24.6 Å². The number of benzene rings is 1. The smallest absolute Gasteiger partial charge is 0.270 e. The van der Waals surface area contributed by atoms with Gasteiger partial charge >= 0.3 is 0 Å². The number of halogens is 1. The van der Waals surface area contributed by atoms with Gasteiger partial charge in [0.15, 0.2) is 0 Å². The number of rotatable bonds is 5. The highest BCUT2D eigenvalue weighted by molar-refractivity contribution is 5.92. The molecule has 1 saturated heterocycles. The molecule has 2 aromatic rings. The summed E-state index contributed by atoms with van der Waals surface area (Å²) in [6.45, 7) is 5.96. The second-order valence-electron chi connectivity index (χ2n) is 6.62. The Labute approximate surface area is 153 Å². The summed E-state index contributed by atoms with van der Waals surface area (Å²) in [7, 11) is 2.09. The van der Waals surface area contributed by atoms with Crippen LogP contribution in [0.3, 0.4) is 0 Å². The molecule has 0 atom stereocenters. The third kappa shape index (κ3) is 4.76. The molecule has 0 unspecified atom stereocenters. The quantitative estimate of drug-likeness (QED) is 0.882. The van der Waals surface area contributed by atoms with Crippen LogP contribution < -0.4 is 10.2 Å². The van der Waals surface area contributed by atoms with Gasteiger partial charge in [-0.3, -0.25) is 4.79 Å². The molecule has 138 valence electrons. The molecule has 0 saturated carbocycles. The molecule has 1 aliphatic heterocycles. The van der Waals surface area contributed by atoms with Crippen molar-refractivity contribution in [2.75, 3.05) is 44.7 Å². The lowest BCUT2D eigenvalue weighted by atomic mass is 10.1. The van der Waals surface area contributed by atoms with E-state index < -0.39 is 0 Å². The number of carbonyl (C=O) groups is 1. The molecule has 1 aromatic carbocycles. The van der Waals surface area contributed by atoms with Crippen molar-refractivity contribution in [1.82, 2.24) is 20.2 Å². The molecule has 1 N–H and O–H groups in total. The molecule has 0 aliphatic carbocycles. The molecule has 1 fully saturated rings. The van der Waals surface area contributed by atoms with Gasteiger partial charge in [0.2, 0.25) is 5.95 Å². The van der Waals surface area contributed by atoms with Crippen molar-refractivity contribution < 1.29 is 9.18 Å². The fourth-order valence-corrected chi connectivity index (χ4v) is 2.88. The van der Waals surface area contributed by atoms with E-state index in [1.54, 1.807) is 18.2 Å². The van der Waals surface area contributed by atoms with Gasteiger partial charge in [-0.05, 0) is 44.2 Å². The average molecular weight is 357 g/mol. The van der Waals surface area contributed by atoms with Gasteiger partial charge in [-0.25, -0.2) is 14.4 Å². The lowest BCUT2D eigenvalue weighted by Crippen LogP contribution is -2.45. The molecule has 0 spiro atoms. The van der Waals surface area contributed by atoms with Crippen LogP contribution in [0, 0.1) is 12.7 Å². The minimum absolute atomic E-state index is 0.215. The van der Waals surface area contributed by atoms with Crippen molar-refractivity contribution >= 4 is 11.9 Å². The minimum atomic E-state index is -0.259. The first-order valence-corrected chi connectivity index (χ1v) is 8.83. The third-order valence-corrected chi connectivity index (χ3v) is 4.47. The Morgan fingerprint density at radius 1 is 1.15 bits per heavy atom. The number of hydrogen-bond donors (Lipinski definition) is 1. The molecule has 26 heavy (non-hydrogen) atoms. The highest BCUT2D eigenvalue weighted by atomic mass is 19.1. The number of nitrogens with zero attached hydrogens (tertiary/aromatic N) is 4. The largest absolute Gasteiger partial charge is 0.350 e. The van der Waals surface area contributed by atoms with Crippen molar-refractivity contribution in [3.63, 3.8) is 0 Å². The van der Waals surface area contributed by atoms with Crippen LogP contribution in [0.25, 0.3) is 0 Å². The van der Waals surface area contributed by atoms with Gasteiger partial charge in [-0.1, -0.05) is 12.1 Å². The molecule has 6 nitrogen and oxygen atoms in total. The fraction of sp³-hybridized carbons (Fsp3) is 0.421. The van der Waals surface area contributed by atoms with Crippen LogP contribution in [0.4, 0.5) is 10.3 Å². The number of anilines is 1. The van der Waals surface area contributed by atoms with E-state index in [9.17, 15) is 9.18 Å². The Hall–Kier alpha value is -2.54. The zero-order valence-electron chi connectivity index (χ0n) is 15.2. The predicted octanol–water partition coefficient (Wildman–Crippen LogP) is 1.65. The van der Waals surface area contributed by atoms with E-state index in [-0.39, 0.29) is 11.7 Å². The SMILES string of the molecule is Cc1cc(C(=O)NCCc2ccc(F)cc2)nc(N2CCN(C)CC2)n1. The maximum Gasteiger partial charge on any atom is 0.270 e. The van der Waals surface area contributed by atoms with Crippen LogP contribution in [0.1, 0.15) is 21.7 Å². The van der Waals surface area contributed by atoms with Crippen LogP contribution in [-0.2, 0) is 6.42 Å². The molecule has 7 heteroatoms. The zero-order valence-corrected chi connectivity index (χ0v) is 15.2. The van der Waals surface area contributed by atoms with E-state index >= 15 is 0 Å². The molecule has 1 aromatic heterocycles. The van der Waals surface area contributed by atoms with Crippen molar-refractivity contribution in [2.24, 2.45) is 0 Å². The summed E-state index contributed by atoms with van der Waals surface area (Å²) >= 11 is 0. The molecule has 0 radical (unpaired) electrons. The molecular weight excluding hydrogens is 333 g/mol. The fourth-order valence-electron chi connectivity index (χ4n) is 2.88. The Kier molecular flexibility index (Phi) is 5.78. The van der Waals surface area contributed by atoms with Gasteiger partial charge in [0.25, 0.3) is 5.91 Å². The molecule has 3 rings (SSSR count). The number of likely N-dealkylation sites (N-methyl/N-ethyl adjacent to an activating group) is 1. The van der Waals surface area contributed by atoms with Crippen molar-refractivity contribution in [3.05, 3.63) is 53.1 Å². The van der Waals surface area contributed by atoms with Crippen LogP contribution in [0.5, 0.6) is 0 Å². The summed E-state index contributed by atoms with van der Waals surface area (Å²) in [6.07, 6.45) is 0.640. The van der Waals surface area contributed by atoms with Gasteiger partial charge in [0.05, 0.1) is 0 Å². The number of nitrogens with one attached hydrogen (secondary N) is 1. The van der Waals surface area contributed by atoms with E-state index in [4.69, 9.17) is 0 Å². The van der Waals surface area contributed by atoms with Crippen molar-refractivity contribution in [2.45, 2.75) is 13.3 Å². The molecule has 2 heterocycles. The highest BCUT2D eigenvalue weighted by Gasteiger charge is 2.18. The standard InChI is InChI=1S/C19H24FN5O/c1-14-13-17(23-19(22-14)25-11-9-24(2)10-12-25)18(26)21-8-7-15-3-5-16(20)6-4-15/h3-6,13H,7-12H2,1-2H3,(H,21,26). The predicted molar refractivity (Wildman–Crippen MR) is 98.9 cm³/mol. The van der Waals surface area contributed by atoms with Crippen LogP contribution in [-0.4, -0.2) is 60.5 Å². The van der Waals surface area contributed by atoms with E-state index in [1.165, 1.54) is 12.1 Å².